The lowest BCUT2D eigenvalue weighted by Gasteiger charge is -2.55. The van der Waals surface area contributed by atoms with Gasteiger partial charge in [0.25, 0.3) is 5.85 Å². The maximum atomic E-state index is 16.1. The fraction of sp³-hybridized carbons (Fsp3) is 1.00. The van der Waals surface area contributed by atoms with Crippen LogP contribution < -0.4 is 0 Å². The number of hydrogen-bond acceptors (Lipinski definition) is 3. The summed E-state index contributed by atoms with van der Waals surface area (Å²) < 4.78 is 190. The summed E-state index contributed by atoms with van der Waals surface area (Å²) in [6, 6.07) is 0. The van der Waals surface area contributed by atoms with Crippen LogP contribution in [0.3, 0.4) is 0 Å². The molecular weight excluding hydrogens is 521 g/mol. The van der Waals surface area contributed by atoms with E-state index in [2.05, 4.69) is 4.74 Å². The minimum Gasteiger partial charge on any atom is -0.281 e. The van der Waals surface area contributed by atoms with Crippen LogP contribution >= 0.6 is 0 Å². The maximum absolute atomic E-state index is 16.1. The summed E-state index contributed by atoms with van der Waals surface area (Å²) in [5.41, 5.74) is -7.37. The third-order valence-electron chi connectivity index (χ3n) is 6.44. The van der Waals surface area contributed by atoms with E-state index in [9.17, 15) is 43.5 Å². The van der Waals surface area contributed by atoms with Gasteiger partial charge in [0.15, 0.2) is 0 Å². The molecule has 1 unspecified atom stereocenters. The van der Waals surface area contributed by atoms with Crippen molar-refractivity contribution in [2.24, 2.45) is 16.2 Å². The summed E-state index contributed by atoms with van der Waals surface area (Å²) in [6.45, 7) is 6.20. The lowest BCUT2D eigenvalue weighted by atomic mass is 9.58. The minimum absolute atomic E-state index is 0.270. The summed E-state index contributed by atoms with van der Waals surface area (Å²) >= 11 is 0. The van der Waals surface area contributed by atoms with Gasteiger partial charge in [-0.25, -0.2) is 4.39 Å². The van der Waals surface area contributed by atoms with Gasteiger partial charge >= 0.3 is 39.2 Å². The highest BCUT2D eigenvalue weighted by atomic mass is 32.2. The first-order valence-electron chi connectivity index (χ1n) is 9.52. The van der Waals surface area contributed by atoms with Crippen LogP contribution in [0.1, 0.15) is 61.8 Å². The molecule has 0 saturated carbocycles. The Kier molecular flexibility index (Phi) is 8.10. The zero-order valence-corrected chi connectivity index (χ0v) is 20.3. The monoisotopic (exact) mass is 548 g/mol. The van der Waals surface area contributed by atoms with Gasteiger partial charge in [0, 0.05) is 10.8 Å². The van der Waals surface area contributed by atoms with E-state index in [1.54, 1.807) is 0 Å². The number of halogens is 11. The Morgan fingerprint density at radius 1 is 0.676 bits per heavy atom. The molecule has 0 saturated heterocycles. The molecule has 0 aromatic rings. The molecule has 1 N–H and O–H groups in total. The fourth-order valence-electron chi connectivity index (χ4n) is 2.71. The minimum atomic E-state index is -7.65. The number of ether oxygens (including phenoxy) is 1. The lowest BCUT2D eigenvalue weighted by Crippen LogP contribution is -2.71. The van der Waals surface area contributed by atoms with Crippen LogP contribution in [-0.2, 0) is 14.9 Å². The maximum Gasteiger partial charge on any atom is 0.438 e. The quantitative estimate of drug-likeness (QED) is 0.233. The average molecular weight is 548 g/mol. The molecule has 0 rings (SSSR count). The van der Waals surface area contributed by atoms with Crippen molar-refractivity contribution < 1.29 is 66.0 Å². The summed E-state index contributed by atoms with van der Waals surface area (Å²) in [5.74, 6) is -25.7. The van der Waals surface area contributed by atoms with Gasteiger partial charge in [-0.15, -0.1) is 0 Å². The van der Waals surface area contributed by atoms with Crippen molar-refractivity contribution in [3.63, 3.8) is 0 Å². The van der Waals surface area contributed by atoms with E-state index in [-0.39, 0.29) is 6.42 Å². The highest BCUT2D eigenvalue weighted by Gasteiger charge is 2.87. The molecule has 0 aromatic carbocycles. The van der Waals surface area contributed by atoms with Crippen molar-refractivity contribution >= 4 is 10.1 Å². The Bertz CT molecular complexity index is 862. The molecule has 4 nitrogen and oxygen atoms in total. The smallest absolute Gasteiger partial charge is 0.281 e. The normalized spacial score (nSPS) is 18.1. The van der Waals surface area contributed by atoms with Crippen LogP contribution in [0.2, 0.25) is 0 Å². The van der Waals surface area contributed by atoms with Crippen LogP contribution in [0.15, 0.2) is 0 Å². The summed E-state index contributed by atoms with van der Waals surface area (Å²) in [5, 5.41) is -7.25. The summed E-state index contributed by atoms with van der Waals surface area (Å²) in [6.07, 6.45) is -7.43. The van der Waals surface area contributed by atoms with Crippen LogP contribution in [0.4, 0.5) is 48.3 Å². The predicted octanol–water partition coefficient (Wildman–Crippen LogP) is 7.16. The van der Waals surface area contributed by atoms with Gasteiger partial charge in [0.2, 0.25) is 0 Å². The van der Waals surface area contributed by atoms with Gasteiger partial charge in [-0.05, 0) is 5.41 Å². The molecule has 0 aliphatic carbocycles. The molecule has 0 radical (unpaired) electrons. The molecule has 34 heavy (non-hydrogen) atoms. The Hall–Kier alpha value is -0.900. The second-order valence-electron chi connectivity index (χ2n) is 10.0. The fourth-order valence-corrected chi connectivity index (χ4v) is 3.16. The summed E-state index contributed by atoms with van der Waals surface area (Å²) in [7, 11) is -7.45. The SMILES string of the molecule is CCC(C)(C)C(C)(C)C(F)(OC(F)(F)C(F)(F)C(F)(F)C(F)(F)S(=O)(=O)O)C(F)(F)C(C)(C)C. The van der Waals surface area contributed by atoms with E-state index in [0.717, 1.165) is 13.8 Å². The molecule has 0 amide bonds. The van der Waals surface area contributed by atoms with Crippen molar-refractivity contribution in [3.05, 3.63) is 0 Å². The van der Waals surface area contributed by atoms with E-state index in [0.29, 0.717) is 34.6 Å². The molecule has 206 valence electrons. The molecule has 0 aliphatic rings. The van der Waals surface area contributed by atoms with Crippen LogP contribution in [-0.4, -0.2) is 48.0 Å². The average Bonchev–Trinajstić information content (AvgIpc) is 2.58. The second-order valence-corrected chi connectivity index (χ2v) is 11.5. The second kappa shape index (κ2) is 8.32. The molecule has 1 atom stereocenters. The highest BCUT2D eigenvalue weighted by molar-refractivity contribution is 7.87. The molecule has 0 aliphatic heterocycles. The first-order valence-corrected chi connectivity index (χ1v) is 11.0. The van der Waals surface area contributed by atoms with Crippen molar-refractivity contribution in [2.45, 2.75) is 96.8 Å². The van der Waals surface area contributed by atoms with Gasteiger partial charge in [0.1, 0.15) is 0 Å². The molecule has 16 heteroatoms. The van der Waals surface area contributed by atoms with Gasteiger partial charge in [-0.2, -0.15) is 52.3 Å². The first kappa shape index (κ1) is 33.1. The van der Waals surface area contributed by atoms with Crippen LogP contribution in [0.5, 0.6) is 0 Å². The van der Waals surface area contributed by atoms with Gasteiger partial charge < -0.3 is 0 Å². The van der Waals surface area contributed by atoms with Crippen molar-refractivity contribution in [1.29, 1.82) is 0 Å². The van der Waals surface area contributed by atoms with E-state index in [4.69, 9.17) is 4.55 Å². The Labute approximate surface area is 190 Å². The van der Waals surface area contributed by atoms with E-state index >= 15 is 13.2 Å². The zero-order chi connectivity index (χ0) is 28.4. The lowest BCUT2D eigenvalue weighted by molar-refractivity contribution is -0.494. The highest BCUT2D eigenvalue weighted by Crippen LogP contribution is 2.64. The van der Waals surface area contributed by atoms with Crippen molar-refractivity contribution in [3.8, 4) is 0 Å². The largest absolute Gasteiger partial charge is 0.438 e. The standard InChI is InChI=1S/C18H27F11O4S/c1-9-11(5,6)12(7,8)16(25,13(19,20)10(2,3)4)33-17(26,27)14(21,22)15(23,24)18(28,29)34(30,31)32/h9H2,1-8H3,(H,30,31,32). The molecule has 0 spiro atoms. The van der Waals surface area contributed by atoms with E-state index < -0.39 is 61.3 Å². The van der Waals surface area contributed by atoms with Gasteiger partial charge in [-0.1, -0.05) is 61.8 Å². The van der Waals surface area contributed by atoms with E-state index in [1.807, 2.05) is 0 Å². The van der Waals surface area contributed by atoms with Crippen molar-refractivity contribution in [1.82, 2.24) is 0 Å². The van der Waals surface area contributed by atoms with E-state index in [1.165, 1.54) is 6.92 Å². The Morgan fingerprint density at radius 2 is 1.03 bits per heavy atom. The molecule has 0 fully saturated rings. The first-order chi connectivity index (χ1) is 14.3. The zero-order valence-electron chi connectivity index (χ0n) is 19.4. The predicted molar refractivity (Wildman–Crippen MR) is 98.5 cm³/mol. The van der Waals surface area contributed by atoms with Gasteiger partial charge in [-0.3, -0.25) is 9.29 Å². The van der Waals surface area contributed by atoms with Crippen LogP contribution in [0, 0.1) is 16.2 Å². The summed E-state index contributed by atoms with van der Waals surface area (Å²) in [4.78, 5) is 0. The molecular formula is C18H27F11O4S. The van der Waals surface area contributed by atoms with Crippen molar-refractivity contribution in [2.75, 3.05) is 0 Å². The molecule has 0 bridgehead atoms. The van der Waals surface area contributed by atoms with Gasteiger partial charge in [0.05, 0.1) is 0 Å². The third kappa shape index (κ3) is 4.39. The number of alkyl halides is 11. The molecule has 0 aromatic heterocycles. The Balaban J connectivity index is 7.27. The Morgan fingerprint density at radius 3 is 1.29 bits per heavy atom. The number of hydrogen-bond donors (Lipinski definition) is 1. The van der Waals surface area contributed by atoms with Crippen LogP contribution in [0.25, 0.3) is 0 Å². The number of rotatable bonds is 10. The molecule has 0 heterocycles. The topological polar surface area (TPSA) is 63.6 Å². The third-order valence-corrected chi connectivity index (χ3v) is 7.35.